The van der Waals surface area contributed by atoms with E-state index in [4.69, 9.17) is 4.89 Å². The molecule has 0 saturated heterocycles. The van der Waals surface area contributed by atoms with E-state index < -0.39 is 7.52 Å². The minimum Gasteiger partial charge on any atom is -0.333 e. The molecule has 1 unspecified atom stereocenters. The Balaban J connectivity index is 2.30. The van der Waals surface area contributed by atoms with Crippen LogP contribution >= 0.6 is 7.52 Å². The van der Waals surface area contributed by atoms with Gasteiger partial charge in [-0.05, 0) is 12.8 Å². The first kappa shape index (κ1) is 7.26. The maximum absolute atomic E-state index is 10.9. The van der Waals surface area contributed by atoms with Crippen molar-refractivity contribution >= 4 is 7.52 Å². The van der Waals surface area contributed by atoms with E-state index in [2.05, 4.69) is 5.09 Å². The number of hydrogen-bond donors (Lipinski definition) is 2. The van der Waals surface area contributed by atoms with Gasteiger partial charge in [0, 0.05) is 12.2 Å². The van der Waals surface area contributed by atoms with Crippen molar-refractivity contribution in [2.45, 2.75) is 25.8 Å². The molecule has 0 radical (unpaired) electrons. The molecule has 2 N–H and O–H groups in total. The van der Waals surface area contributed by atoms with Gasteiger partial charge in [-0.15, -0.1) is 0 Å². The monoisotopic (exact) mass is 149 g/mol. The molecule has 0 aromatic rings. The molecule has 1 atom stereocenters. The molecule has 1 rings (SSSR count). The minimum atomic E-state index is -2.92. The molecular weight excluding hydrogens is 137 g/mol. The van der Waals surface area contributed by atoms with E-state index in [-0.39, 0.29) is 0 Å². The third-order valence-electron chi connectivity index (χ3n) is 1.39. The van der Waals surface area contributed by atoms with Crippen molar-refractivity contribution in [2.75, 3.05) is 6.16 Å². The van der Waals surface area contributed by atoms with Gasteiger partial charge in [0.2, 0.25) is 0 Å². The van der Waals surface area contributed by atoms with Gasteiger partial charge in [-0.2, -0.15) is 0 Å². The summed E-state index contributed by atoms with van der Waals surface area (Å²) in [6.07, 6.45) is 2.46. The predicted molar refractivity (Wildman–Crippen MR) is 36.5 cm³/mol. The van der Waals surface area contributed by atoms with Gasteiger partial charge >= 0.3 is 0 Å². The molecule has 9 heavy (non-hydrogen) atoms. The normalized spacial score (nSPS) is 25.6. The Labute approximate surface area is 55.0 Å². The van der Waals surface area contributed by atoms with Crippen LogP contribution in [0.25, 0.3) is 0 Å². The molecule has 4 heteroatoms. The molecular formula is C5H12NO2P. The summed E-state index contributed by atoms with van der Waals surface area (Å²) < 4.78 is 10.9. The summed E-state index contributed by atoms with van der Waals surface area (Å²) in [6, 6.07) is 0.334. The van der Waals surface area contributed by atoms with E-state index in [0.717, 1.165) is 12.8 Å². The van der Waals surface area contributed by atoms with Crippen molar-refractivity contribution in [1.82, 2.24) is 5.09 Å². The summed E-state index contributed by atoms with van der Waals surface area (Å²) >= 11 is 0. The van der Waals surface area contributed by atoms with Gasteiger partial charge in [-0.1, -0.05) is 6.92 Å². The average molecular weight is 149 g/mol. The maximum atomic E-state index is 10.9. The predicted octanol–water partition coefficient (Wildman–Crippen LogP) is 0.944. The zero-order valence-corrected chi connectivity index (χ0v) is 6.40. The van der Waals surface area contributed by atoms with Gasteiger partial charge in [0.25, 0.3) is 7.52 Å². The molecule has 0 bridgehead atoms. The highest BCUT2D eigenvalue weighted by atomic mass is 31.2. The molecule has 1 aliphatic rings. The lowest BCUT2D eigenvalue weighted by Gasteiger charge is -2.08. The molecule has 0 amide bonds. The Kier molecular flexibility index (Phi) is 1.94. The first-order valence-corrected chi connectivity index (χ1v) is 5.08. The molecule has 0 aliphatic heterocycles. The van der Waals surface area contributed by atoms with Crippen molar-refractivity contribution in [2.24, 2.45) is 0 Å². The second-order valence-corrected chi connectivity index (χ2v) is 4.71. The van der Waals surface area contributed by atoms with Crippen molar-refractivity contribution in [1.29, 1.82) is 0 Å². The van der Waals surface area contributed by atoms with Crippen LogP contribution in [0.4, 0.5) is 0 Å². The van der Waals surface area contributed by atoms with Crippen LogP contribution in [-0.4, -0.2) is 17.1 Å². The Hall–Kier alpha value is 0.150. The van der Waals surface area contributed by atoms with Crippen LogP contribution in [0.5, 0.6) is 0 Å². The van der Waals surface area contributed by atoms with E-state index in [1.807, 2.05) is 0 Å². The fraction of sp³-hybridized carbons (Fsp3) is 1.00. The Morgan fingerprint density at radius 3 is 2.67 bits per heavy atom. The molecule has 54 valence electrons. The van der Waals surface area contributed by atoms with E-state index >= 15 is 0 Å². The Morgan fingerprint density at radius 1 is 1.78 bits per heavy atom. The SMILES string of the molecule is CCP(=O)(O)NC1CC1. The van der Waals surface area contributed by atoms with Crippen molar-refractivity contribution < 1.29 is 9.46 Å². The molecule has 1 saturated carbocycles. The number of nitrogens with one attached hydrogen (secondary N) is 1. The van der Waals surface area contributed by atoms with Crippen LogP contribution in [0.15, 0.2) is 0 Å². The van der Waals surface area contributed by atoms with Gasteiger partial charge in [-0.3, -0.25) is 4.57 Å². The van der Waals surface area contributed by atoms with Crippen LogP contribution in [0.2, 0.25) is 0 Å². The fourth-order valence-corrected chi connectivity index (χ4v) is 1.60. The second-order valence-electron chi connectivity index (χ2n) is 2.42. The van der Waals surface area contributed by atoms with Crippen molar-refractivity contribution in [3.63, 3.8) is 0 Å². The van der Waals surface area contributed by atoms with Crippen LogP contribution < -0.4 is 5.09 Å². The molecule has 0 heterocycles. The lowest BCUT2D eigenvalue weighted by atomic mass is 10.8. The van der Waals surface area contributed by atoms with E-state index in [9.17, 15) is 4.57 Å². The molecule has 1 fully saturated rings. The lowest BCUT2D eigenvalue weighted by Crippen LogP contribution is -2.13. The highest BCUT2D eigenvalue weighted by molar-refractivity contribution is 7.55. The van der Waals surface area contributed by atoms with Crippen molar-refractivity contribution in [3.8, 4) is 0 Å². The summed E-state index contributed by atoms with van der Waals surface area (Å²) in [5.74, 6) is 0. The largest absolute Gasteiger partial charge is 0.333 e. The fourth-order valence-electron chi connectivity index (χ4n) is 0.589. The Morgan fingerprint density at radius 2 is 2.33 bits per heavy atom. The summed E-state index contributed by atoms with van der Waals surface area (Å²) in [5.41, 5.74) is 0. The van der Waals surface area contributed by atoms with Crippen LogP contribution in [0, 0.1) is 0 Å². The van der Waals surface area contributed by atoms with Gasteiger partial charge in [0.15, 0.2) is 0 Å². The molecule has 1 aliphatic carbocycles. The maximum Gasteiger partial charge on any atom is 0.267 e. The smallest absolute Gasteiger partial charge is 0.267 e. The van der Waals surface area contributed by atoms with Crippen LogP contribution in [0.3, 0.4) is 0 Å². The lowest BCUT2D eigenvalue weighted by molar-refractivity contribution is 0.463. The zero-order chi connectivity index (χ0) is 6.91. The summed E-state index contributed by atoms with van der Waals surface area (Å²) in [5, 5.41) is 2.69. The first-order valence-electron chi connectivity index (χ1n) is 3.23. The van der Waals surface area contributed by atoms with Crippen LogP contribution in [-0.2, 0) is 4.57 Å². The first-order chi connectivity index (χ1) is 4.14. The molecule has 0 spiro atoms. The molecule has 0 aromatic heterocycles. The van der Waals surface area contributed by atoms with E-state index in [0.29, 0.717) is 12.2 Å². The van der Waals surface area contributed by atoms with Crippen molar-refractivity contribution in [3.05, 3.63) is 0 Å². The molecule has 0 aromatic carbocycles. The van der Waals surface area contributed by atoms with E-state index in [1.54, 1.807) is 6.92 Å². The highest BCUT2D eigenvalue weighted by Gasteiger charge is 2.28. The second kappa shape index (κ2) is 2.41. The van der Waals surface area contributed by atoms with E-state index in [1.165, 1.54) is 0 Å². The Bertz CT molecular complexity index is 144. The summed E-state index contributed by atoms with van der Waals surface area (Å²) in [6.45, 7) is 1.72. The number of hydrogen-bond acceptors (Lipinski definition) is 1. The van der Waals surface area contributed by atoms with Gasteiger partial charge in [-0.25, -0.2) is 5.09 Å². The third kappa shape index (κ3) is 2.48. The minimum absolute atomic E-state index is 0.334. The average Bonchev–Trinajstić information content (AvgIpc) is 2.50. The van der Waals surface area contributed by atoms with Crippen LogP contribution in [0.1, 0.15) is 19.8 Å². The summed E-state index contributed by atoms with van der Waals surface area (Å²) in [7, 11) is -2.92. The van der Waals surface area contributed by atoms with Gasteiger partial charge in [0.05, 0.1) is 0 Å². The topological polar surface area (TPSA) is 49.3 Å². The highest BCUT2D eigenvalue weighted by Crippen LogP contribution is 2.39. The molecule has 3 nitrogen and oxygen atoms in total. The zero-order valence-electron chi connectivity index (χ0n) is 5.50. The van der Waals surface area contributed by atoms with Gasteiger partial charge in [0.1, 0.15) is 0 Å². The third-order valence-corrected chi connectivity index (χ3v) is 3.02. The quantitative estimate of drug-likeness (QED) is 0.587. The van der Waals surface area contributed by atoms with Gasteiger partial charge < -0.3 is 4.89 Å². The standard InChI is InChI=1S/C5H12NO2P/c1-2-9(7,8)6-5-3-4-5/h5H,2-4H2,1H3,(H2,6,7,8). The summed E-state index contributed by atoms with van der Waals surface area (Å²) in [4.78, 5) is 8.98. The number of rotatable bonds is 3.